The third kappa shape index (κ3) is 10.7. The van der Waals surface area contributed by atoms with Crippen LogP contribution in [0.15, 0.2) is 161 Å². The monoisotopic (exact) mass is 791 g/mol. The number of benzene rings is 6. The van der Waals surface area contributed by atoms with Crippen molar-refractivity contribution in [3.63, 3.8) is 0 Å². The molecular weight excluding hydrogens is 751 g/mol. The standard InChI is InChI=1S/C48H41NO10/c1-2-53-43(50)28-49-48(52)59-40-25-37(23-24-39(40)55-30-34-17-9-4-10-18-34)46-47(57-32-36-21-13-6-14-22-36)45(51)44-41(56-31-35-19-11-5-12-20-35)26-38(27-42(44)58-46)54-29-33-15-7-3-8-16-33/h3-27H,2,28-32H2,1H3,(H,49,52). The van der Waals surface area contributed by atoms with E-state index in [2.05, 4.69) is 5.32 Å². The van der Waals surface area contributed by atoms with Gasteiger partial charge in [-0.1, -0.05) is 121 Å². The molecule has 7 aromatic rings. The molecule has 0 unspecified atom stereocenters. The molecule has 0 spiro atoms. The van der Waals surface area contributed by atoms with Gasteiger partial charge in [0.15, 0.2) is 17.3 Å². The zero-order chi connectivity index (χ0) is 40.8. The summed E-state index contributed by atoms with van der Waals surface area (Å²) in [6, 6.07) is 46.2. The van der Waals surface area contributed by atoms with Crippen molar-refractivity contribution in [1.82, 2.24) is 5.32 Å². The topological polar surface area (TPSA) is 132 Å². The number of carbonyl (C=O) groups excluding carboxylic acids is 2. The van der Waals surface area contributed by atoms with Crippen LogP contribution in [0, 0.1) is 0 Å². The Balaban J connectivity index is 1.32. The minimum Gasteiger partial charge on any atom is -0.489 e. The number of rotatable bonds is 17. The summed E-state index contributed by atoms with van der Waals surface area (Å²) in [5.41, 5.74) is 3.54. The van der Waals surface area contributed by atoms with Gasteiger partial charge in [-0.2, -0.15) is 0 Å². The molecule has 0 bridgehead atoms. The van der Waals surface area contributed by atoms with Crippen molar-refractivity contribution < 1.29 is 42.4 Å². The van der Waals surface area contributed by atoms with E-state index in [4.69, 9.17) is 32.8 Å². The number of fused-ring (bicyclic) bond motifs is 1. The lowest BCUT2D eigenvalue weighted by atomic mass is 10.1. The number of hydrogen-bond acceptors (Lipinski definition) is 10. The Bertz CT molecular complexity index is 2540. The van der Waals surface area contributed by atoms with E-state index in [-0.39, 0.29) is 72.8 Å². The highest BCUT2D eigenvalue weighted by Crippen LogP contribution is 2.40. The molecule has 0 aliphatic heterocycles. The van der Waals surface area contributed by atoms with Gasteiger partial charge in [-0.3, -0.25) is 9.59 Å². The Morgan fingerprint density at radius 2 is 1.10 bits per heavy atom. The Kier molecular flexibility index (Phi) is 13.2. The highest BCUT2D eigenvalue weighted by atomic mass is 16.6. The van der Waals surface area contributed by atoms with E-state index in [9.17, 15) is 14.4 Å². The number of nitrogens with one attached hydrogen (secondary N) is 1. The van der Waals surface area contributed by atoms with Gasteiger partial charge in [-0.25, -0.2) is 4.79 Å². The lowest BCUT2D eigenvalue weighted by molar-refractivity contribution is -0.141. The maximum absolute atomic E-state index is 14.8. The van der Waals surface area contributed by atoms with Crippen LogP contribution in [0.2, 0.25) is 0 Å². The molecule has 1 amide bonds. The number of carbonyl (C=O) groups is 2. The molecular formula is C48H41NO10. The molecule has 0 fully saturated rings. The van der Waals surface area contributed by atoms with Gasteiger partial charge in [0.05, 0.1) is 6.61 Å². The molecule has 1 aromatic heterocycles. The van der Waals surface area contributed by atoms with Gasteiger partial charge >= 0.3 is 12.1 Å². The number of amides is 1. The fourth-order valence-electron chi connectivity index (χ4n) is 6.04. The summed E-state index contributed by atoms with van der Waals surface area (Å²) in [6.45, 7) is 2.04. The molecule has 11 nitrogen and oxygen atoms in total. The molecule has 0 atom stereocenters. The van der Waals surface area contributed by atoms with Gasteiger partial charge in [0.1, 0.15) is 55.4 Å². The normalized spacial score (nSPS) is 10.7. The summed E-state index contributed by atoms with van der Waals surface area (Å²) in [6.07, 6.45) is -0.930. The highest BCUT2D eigenvalue weighted by Gasteiger charge is 2.24. The van der Waals surface area contributed by atoms with Gasteiger partial charge < -0.3 is 38.2 Å². The molecule has 0 saturated heterocycles. The molecule has 6 aromatic carbocycles. The van der Waals surface area contributed by atoms with Gasteiger partial charge in [-0.05, 0) is 47.4 Å². The van der Waals surface area contributed by atoms with Gasteiger partial charge in [0.25, 0.3) is 0 Å². The predicted molar refractivity (Wildman–Crippen MR) is 222 cm³/mol. The van der Waals surface area contributed by atoms with Crippen LogP contribution in [0.4, 0.5) is 4.79 Å². The van der Waals surface area contributed by atoms with Crippen molar-refractivity contribution in [2.75, 3.05) is 13.2 Å². The maximum atomic E-state index is 14.8. The fourth-order valence-corrected chi connectivity index (χ4v) is 6.04. The van der Waals surface area contributed by atoms with E-state index >= 15 is 0 Å². The van der Waals surface area contributed by atoms with Crippen LogP contribution in [-0.2, 0) is 36.0 Å². The average Bonchev–Trinajstić information content (AvgIpc) is 3.27. The molecule has 0 aliphatic rings. The van der Waals surface area contributed by atoms with Crippen LogP contribution in [0.25, 0.3) is 22.3 Å². The molecule has 7 rings (SSSR count). The molecule has 11 heteroatoms. The molecule has 298 valence electrons. The quantitative estimate of drug-likeness (QED) is 0.0890. The van der Waals surface area contributed by atoms with Crippen LogP contribution >= 0.6 is 0 Å². The van der Waals surface area contributed by atoms with E-state index in [1.54, 1.807) is 31.2 Å². The lowest BCUT2D eigenvalue weighted by Crippen LogP contribution is -2.32. The maximum Gasteiger partial charge on any atom is 0.413 e. The van der Waals surface area contributed by atoms with E-state index in [0.29, 0.717) is 11.3 Å². The zero-order valence-corrected chi connectivity index (χ0v) is 32.3. The van der Waals surface area contributed by atoms with Crippen LogP contribution < -0.4 is 34.4 Å². The van der Waals surface area contributed by atoms with Crippen LogP contribution in [0.5, 0.6) is 28.7 Å². The first-order chi connectivity index (χ1) is 28.9. The molecule has 0 saturated carbocycles. The lowest BCUT2D eigenvalue weighted by Gasteiger charge is -2.17. The fraction of sp³-hybridized carbons (Fsp3) is 0.146. The van der Waals surface area contributed by atoms with Crippen molar-refractivity contribution >= 4 is 23.0 Å². The minimum absolute atomic E-state index is 0.0108. The van der Waals surface area contributed by atoms with Crippen LogP contribution in [-0.4, -0.2) is 25.2 Å². The second-order valence-electron chi connectivity index (χ2n) is 13.2. The highest BCUT2D eigenvalue weighted by molar-refractivity contribution is 5.89. The zero-order valence-electron chi connectivity index (χ0n) is 32.3. The SMILES string of the molecule is CCOC(=O)CNC(=O)Oc1cc(-c2oc3cc(OCc4ccccc4)cc(OCc4ccccc4)c3c(=O)c2OCc2ccccc2)ccc1OCc1ccccc1. The number of esters is 1. The van der Waals surface area contributed by atoms with E-state index in [1.165, 1.54) is 6.07 Å². The first kappa shape index (κ1) is 39.7. The summed E-state index contributed by atoms with van der Waals surface area (Å²) in [5.74, 6) is 0.180. The van der Waals surface area contributed by atoms with Gasteiger partial charge in [0.2, 0.25) is 11.2 Å². The van der Waals surface area contributed by atoms with Crippen LogP contribution in [0.1, 0.15) is 29.2 Å². The van der Waals surface area contributed by atoms with Crippen LogP contribution in [0.3, 0.4) is 0 Å². The van der Waals surface area contributed by atoms with Crippen molar-refractivity contribution in [1.29, 1.82) is 0 Å². The summed E-state index contributed by atoms with van der Waals surface area (Å²) in [7, 11) is 0. The summed E-state index contributed by atoms with van der Waals surface area (Å²) >= 11 is 0. The second kappa shape index (κ2) is 19.6. The molecule has 1 N–H and O–H groups in total. The summed E-state index contributed by atoms with van der Waals surface area (Å²) in [4.78, 5) is 39.8. The third-order valence-electron chi connectivity index (χ3n) is 8.93. The molecule has 59 heavy (non-hydrogen) atoms. The Labute approximate surface area is 340 Å². The van der Waals surface area contributed by atoms with E-state index in [0.717, 1.165) is 22.3 Å². The second-order valence-corrected chi connectivity index (χ2v) is 13.2. The summed E-state index contributed by atoms with van der Waals surface area (Å²) < 4.78 is 42.3. The average molecular weight is 792 g/mol. The first-order valence-electron chi connectivity index (χ1n) is 19.0. The van der Waals surface area contributed by atoms with Crippen molar-refractivity contribution in [3.05, 3.63) is 184 Å². The molecule has 0 radical (unpaired) electrons. The minimum atomic E-state index is -0.930. The Morgan fingerprint density at radius 3 is 1.66 bits per heavy atom. The first-order valence-corrected chi connectivity index (χ1v) is 19.0. The van der Waals surface area contributed by atoms with Crippen molar-refractivity contribution in [2.45, 2.75) is 33.4 Å². The number of hydrogen-bond donors (Lipinski definition) is 1. The van der Waals surface area contributed by atoms with Gasteiger partial charge in [0, 0.05) is 17.7 Å². The summed E-state index contributed by atoms with van der Waals surface area (Å²) in [5, 5.41) is 2.55. The number of ether oxygens (including phenoxy) is 6. The molecule has 0 aliphatic carbocycles. The Hall–Kier alpha value is -7.53. The molecule has 1 heterocycles. The predicted octanol–water partition coefficient (Wildman–Crippen LogP) is 9.43. The van der Waals surface area contributed by atoms with Crippen molar-refractivity contribution in [2.24, 2.45) is 0 Å². The largest absolute Gasteiger partial charge is 0.489 e. The Morgan fingerprint density at radius 1 is 0.576 bits per heavy atom. The smallest absolute Gasteiger partial charge is 0.413 e. The van der Waals surface area contributed by atoms with E-state index in [1.807, 2.05) is 121 Å². The van der Waals surface area contributed by atoms with E-state index < -0.39 is 24.0 Å². The third-order valence-corrected chi connectivity index (χ3v) is 8.93. The van der Waals surface area contributed by atoms with Gasteiger partial charge in [-0.15, -0.1) is 0 Å². The van der Waals surface area contributed by atoms with Crippen molar-refractivity contribution in [3.8, 4) is 40.1 Å².